The summed E-state index contributed by atoms with van der Waals surface area (Å²) in [6, 6.07) is 3.76. The number of carbonyl (C=O) groups is 1. The Balaban J connectivity index is 2.05. The Morgan fingerprint density at radius 3 is 2.76 bits per heavy atom. The smallest absolute Gasteiger partial charge is 0.228 e. The summed E-state index contributed by atoms with van der Waals surface area (Å²) in [7, 11) is 4.88. The number of anilines is 1. The molecule has 2 aromatic heterocycles. The molecule has 3 rings (SSSR count). The Morgan fingerprint density at radius 1 is 1.38 bits per heavy atom. The van der Waals surface area contributed by atoms with Crippen LogP contribution in [-0.2, 0) is 21.3 Å². The number of aryl methyl sites for hydroxylation is 1. The van der Waals surface area contributed by atoms with Gasteiger partial charge >= 0.3 is 0 Å². The first-order chi connectivity index (χ1) is 14.0. The highest BCUT2D eigenvalue weighted by Gasteiger charge is 2.30. The summed E-state index contributed by atoms with van der Waals surface area (Å²) in [6.07, 6.45) is 8.44. The van der Waals surface area contributed by atoms with Crippen molar-refractivity contribution in [1.82, 2.24) is 9.55 Å². The van der Waals surface area contributed by atoms with Gasteiger partial charge in [0.15, 0.2) is 5.88 Å². The van der Waals surface area contributed by atoms with Gasteiger partial charge in [0.1, 0.15) is 11.4 Å². The zero-order valence-electron chi connectivity index (χ0n) is 16.8. The third-order valence-corrected chi connectivity index (χ3v) is 4.67. The highest BCUT2D eigenvalue weighted by atomic mass is 16.5. The molecule has 152 valence electrons. The van der Waals surface area contributed by atoms with Crippen LogP contribution in [0.25, 0.3) is 16.5 Å². The summed E-state index contributed by atoms with van der Waals surface area (Å²) in [6.45, 7) is 3.62. The molecular weight excluding hydrogens is 370 g/mol. The van der Waals surface area contributed by atoms with Gasteiger partial charge in [-0.15, -0.1) is 0 Å². The van der Waals surface area contributed by atoms with E-state index in [2.05, 4.69) is 21.9 Å². The van der Waals surface area contributed by atoms with E-state index in [0.717, 1.165) is 29.4 Å². The summed E-state index contributed by atoms with van der Waals surface area (Å²) in [5.74, 6) is 1.10. The number of aliphatic imine (C=N–C) groups is 1. The van der Waals surface area contributed by atoms with Crippen LogP contribution in [0.5, 0.6) is 0 Å². The maximum absolute atomic E-state index is 12.0. The molecule has 8 nitrogen and oxygen atoms in total. The molecule has 1 amide bonds. The standard InChI is InChI=1S/C21H25N5O3/c1-5-6-9-23-21(29-4)18(19(22)28-3)15-10-14-11-17(24-12-16(14)26(15)2)25-20(27)13-7-8-13/h5-6,9-13H,1,7-8,22H2,2-4H3,(H,24,25,27)/b9-6+,19-18+,23-21+. The number of fused-ring (bicyclic) bond motifs is 1. The molecule has 1 fully saturated rings. The number of nitrogens with one attached hydrogen (secondary N) is 1. The third kappa shape index (κ3) is 4.31. The van der Waals surface area contributed by atoms with E-state index in [1.807, 2.05) is 23.7 Å². The highest BCUT2D eigenvalue weighted by molar-refractivity contribution is 6.20. The van der Waals surface area contributed by atoms with E-state index in [4.69, 9.17) is 15.2 Å². The molecule has 0 aliphatic heterocycles. The molecule has 1 saturated carbocycles. The Labute approximate surface area is 169 Å². The van der Waals surface area contributed by atoms with E-state index in [9.17, 15) is 4.79 Å². The minimum absolute atomic E-state index is 0.0139. The largest absolute Gasteiger partial charge is 0.482 e. The lowest BCUT2D eigenvalue weighted by atomic mass is 10.1. The lowest BCUT2D eigenvalue weighted by Crippen LogP contribution is -2.15. The zero-order chi connectivity index (χ0) is 21.0. The van der Waals surface area contributed by atoms with Gasteiger partial charge in [-0.25, -0.2) is 9.98 Å². The van der Waals surface area contributed by atoms with Crippen molar-refractivity contribution in [3.05, 3.63) is 54.8 Å². The molecule has 0 unspecified atom stereocenters. The van der Waals surface area contributed by atoms with Crippen LogP contribution < -0.4 is 11.1 Å². The molecule has 0 bridgehead atoms. The molecule has 29 heavy (non-hydrogen) atoms. The maximum Gasteiger partial charge on any atom is 0.228 e. The second kappa shape index (κ2) is 8.64. The third-order valence-electron chi connectivity index (χ3n) is 4.67. The Morgan fingerprint density at radius 2 is 2.14 bits per heavy atom. The summed E-state index contributed by atoms with van der Waals surface area (Å²) < 4.78 is 12.7. The van der Waals surface area contributed by atoms with Crippen LogP contribution in [0, 0.1) is 5.92 Å². The molecule has 2 aromatic rings. The number of methoxy groups -OCH3 is 2. The minimum atomic E-state index is 0.0139. The number of rotatable bonds is 7. The first-order valence-corrected chi connectivity index (χ1v) is 9.20. The van der Waals surface area contributed by atoms with Crippen molar-refractivity contribution in [2.45, 2.75) is 12.8 Å². The number of pyridine rings is 1. The molecule has 0 spiro atoms. The topological polar surface area (TPSA) is 104 Å². The number of nitrogens with zero attached hydrogens (tertiary/aromatic N) is 3. The second-order valence-electron chi connectivity index (χ2n) is 6.64. The average Bonchev–Trinajstić information content (AvgIpc) is 3.52. The Kier molecular flexibility index (Phi) is 6.01. The predicted molar refractivity (Wildman–Crippen MR) is 114 cm³/mol. The molecule has 1 aliphatic carbocycles. The zero-order valence-corrected chi connectivity index (χ0v) is 16.8. The maximum atomic E-state index is 12.0. The first-order valence-electron chi connectivity index (χ1n) is 9.20. The van der Waals surface area contributed by atoms with Crippen LogP contribution in [0.1, 0.15) is 18.5 Å². The fourth-order valence-corrected chi connectivity index (χ4v) is 2.95. The van der Waals surface area contributed by atoms with Crippen LogP contribution in [0.2, 0.25) is 0 Å². The normalized spacial score (nSPS) is 15.3. The van der Waals surface area contributed by atoms with Crippen molar-refractivity contribution in [1.29, 1.82) is 0 Å². The molecule has 3 N–H and O–H groups in total. The summed E-state index contributed by atoms with van der Waals surface area (Å²) >= 11 is 0. The summed E-state index contributed by atoms with van der Waals surface area (Å²) in [4.78, 5) is 20.7. The van der Waals surface area contributed by atoms with Gasteiger partial charge < -0.3 is 25.1 Å². The van der Waals surface area contributed by atoms with Gasteiger partial charge in [0, 0.05) is 24.6 Å². The van der Waals surface area contributed by atoms with Crippen molar-refractivity contribution >= 4 is 34.1 Å². The van der Waals surface area contributed by atoms with E-state index >= 15 is 0 Å². The molecule has 0 aromatic carbocycles. The van der Waals surface area contributed by atoms with Crippen molar-refractivity contribution in [3.63, 3.8) is 0 Å². The second-order valence-corrected chi connectivity index (χ2v) is 6.64. The number of allylic oxidation sites excluding steroid dienone is 2. The average molecular weight is 395 g/mol. The molecule has 8 heteroatoms. The number of ether oxygens (including phenoxy) is 2. The van der Waals surface area contributed by atoms with E-state index in [1.165, 1.54) is 14.2 Å². The van der Waals surface area contributed by atoms with Gasteiger partial charge in [-0.05, 0) is 31.1 Å². The quantitative estimate of drug-likeness (QED) is 0.325. The molecule has 0 saturated heterocycles. The Hall–Kier alpha value is -3.55. The predicted octanol–water partition coefficient (Wildman–Crippen LogP) is 2.94. The van der Waals surface area contributed by atoms with Gasteiger partial charge in [-0.1, -0.05) is 12.7 Å². The summed E-state index contributed by atoms with van der Waals surface area (Å²) in [5, 5.41) is 3.76. The van der Waals surface area contributed by atoms with Crippen molar-refractivity contribution in [2.75, 3.05) is 19.5 Å². The number of hydrogen-bond donors (Lipinski definition) is 2. The number of carbonyl (C=O) groups excluding carboxylic acids is 1. The van der Waals surface area contributed by atoms with Gasteiger partial charge in [-0.2, -0.15) is 0 Å². The SMILES string of the molecule is C=C/C=C/N=C(OC)\C(=C(/N)OC)c1cc2cc(NC(=O)C3CC3)ncc2n1C. The minimum Gasteiger partial charge on any atom is -0.482 e. The van der Waals surface area contributed by atoms with E-state index < -0.39 is 0 Å². The van der Waals surface area contributed by atoms with Crippen LogP contribution in [0.4, 0.5) is 5.82 Å². The fraction of sp³-hybridized carbons (Fsp3) is 0.286. The summed E-state index contributed by atoms with van der Waals surface area (Å²) in [5.41, 5.74) is 8.23. The Bertz CT molecular complexity index is 1030. The van der Waals surface area contributed by atoms with Crippen LogP contribution in [-0.4, -0.2) is 35.6 Å². The first kappa shape index (κ1) is 20.2. The lowest BCUT2D eigenvalue weighted by Gasteiger charge is -2.13. The number of hydrogen-bond acceptors (Lipinski definition) is 6. The molecule has 0 atom stereocenters. The molecule has 0 radical (unpaired) electrons. The highest BCUT2D eigenvalue weighted by Crippen LogP contribution is 2.31. The molecular formula is C21H25N5O3. The van der Waals surface area contributed by atoms with Crippen molar-refractivity contribution in [3.8, 4) is 0 Å². The van der Waals surface area contributed by atoms with Gasteiger partial charge in [0.05, 0.1) is 31.6 Å². The van der Waals surface area contributed by atoms with Gasteiger partial charge in [0.25, 0.3) is 0 Å². The van der Waals surface area contributed by atoms with E-state index in [1.54, 1.807) is 24.5 Å². The van der Waals surface area contributed by atoms with E-state index in [0.29, 0.717) is 17.3 Å². The van der Waals surface area contributed by atoms with Crippen LogP contribution in [0.3, 0.4) is 0 Å². The number of nitrogens with two attached hydrogens (primary N) is 1. The monoisotopic (exact) mass is 395 g/mol. The fourth-order valence-electron chi connectivity index (χ4n) is 2.95. The molecule has 2 heterocycles. The lowest BCUT2D eigenvalue weighted by molar-refractivity contribution is -0.117. The number of amides is 1. The molecule has 1 aliphatic rings. The van der Waals surface area contributed by atoms with Crippen molar-refractivity contribution < 1.29 is 14.3 Å². The van der Waals surface area contributed by atoms with Crippen molar-refractivity contribution in [2.24, 2.45) is 23.7 Å². The van der Waals surface area contributed by atoms with Gasteiger partial charge in [0.2, 0.25) is 11.8 Å². The number of aromatic nitrogens is 2. The van der Waals surface area contributed by atoms with E-state index in [-0.39, 0.29) is 17.7 Å². The van der Waals surface area contributed by atoms with Gasteiger partial charge in [-0.3, -0.25) is 4.79 Å². The van der Waals surface area contributed by atoms with Crippen LogP contribution >= 0.6 is 0 Å². The van der Waals surface area contributed by atoms with Crippen LogP contribution in [0.15, 0.2) is 54.1 Å².